The molecule has 0 aliphatic heterocycles. The summed E-state index contributed by atoms with van der Waals surface area (Å²) >= 11 is 0. The zero-order chi connectivity index (χ0) is 54.3. The summed E-state index contributed by atoms with van der Waals surface area (Å²) in [6, 6.07) is -0.629. The number of carbonyl (C=O) groups excluding carboxylic acids is 2. The van der Waals surface area contributed by atoms with E-state index in [-0.39, 0.29) is 18.5 Å². The van der Waals surface area contributed by atoms with Gasteiger partial charge >= 0.3 is 5.97 Å². The molecule has 2 atom stereocenters. The van der Waals surface area contributed by atoms with Gasteiger partial charge in [-0.2, -0.15) is 0 Å². The van der Waals surface area contributed by atoms with E-state index in [2.05, 4.69) is 43.5 Å². The number of aliphatic hydroxyl groups is 2. The van der Waals surface area contributed by atoms with Crippen molar-refractivity contribution in [2.24, 2.45) is 0 Å². The number of rotatable bonds is 63. The number of aliphatic hydroxyl groups excluding tert-OH is 2. The SMILES string of the molecule is CCCCCCCCC/C=C\CCCCCCCCCC(=O)OCCCCCCCCCCCCCC/C=C\CCCCCCCCCCCCC(=O)NC(CO)C(O)/C=C/CCCCCCCCCCCCCC. The third-order valence-corrected chi connectivity index (χ3v) is 15.6. The molecule has 0 bridgehead atoms. The van der Waals surface area contributed by atoms with E-state index < -0.39 is 12.1 Å². The maximum absolute atomic E-state index is 12.5. The molecule has 6 heteroatoms. The first-order valence-electron chi connectivity index (χ1n) is 33.8. The van der Waals surface area contributed by atoms with Gasteiger partial charge in [0.2, 0.25) is 5.91 Å². The van der Waals surface area contributed by atoms with Crippen molar-refractivity contribution < 1.29 is 24.5 Å². The molecule has 3 N–H and O–H groups in total. The van der Waals surface area contributed by atoms with Crippen LogP contribution in [0.1, 0.15) is 367 Å². The summed E-state index contributed by atoms with van der Waals surface area (Å²) in [5, 5.41) is 23.1. The first-order chi connectivity index (χ1) is 37.0. The summed E-state index contributed by atoms with van der Waals surface area (Å²) in [4.78, 5) is 24.6. The maximum Gasteiger partial charge on any atom is 0.305 e. The van der Waals surface area contributed by atoms with Gasteiger partial charge in [0.05, 0.1) is 25.4 Å². The molecule has 0 fully saturated rings. The highest BCUT2D eigenvalue weighted by atomic mass is 16.5. The summed E-state index contributed by atoms with van der Waals surface area (Å²) in [6.07, 6.45) is 82.1. The van der Waals surface area contributed by atoms with E-state index in [0.29, 0.717) is 19.4 Å². The Labute approximate surface area is 468 Å². The molecule has 0 rings (SSSR count). The molecule has 75 heavy (non-hydrogen) atoms. The Morgan fingerprint density at radius 2 is 0.627 bits per heavy atom. The molecule has 0 aromatic carbocycles. The van der Waals surface area contributed by atoms with Crippen molar-refractivity contribution in [3.05, 3.63) is 36.5 Å². The Balaban J connectivity index is 3.39. The molecule has 0 radical (unpaired) electrons. The Kier molecular flexibility index (Phi) is 63.0. The molecule has 2 unspecified atom stereocenters. The van der Waals surface area contributed by atoms with E-state index in [0.717, 1.165) is 44.9 Å². The molecule has 442 valence electrons. The molecule has 0 aromatic rings. The van der Waals surface area contributed by atoms with Crippen LogP contribution in [-0.4, -0.2) is 47.4 Å². The molecular weight excluding hydrogens is 923 g/mol. The Hall–Kier alpha value is -1.92. The van der Waals surface area contributed by atoms with Crippen LogP contribution in [0.4, 0.5) is 0 Å². The van der Waals surface area contributed by atoms with Crippen LogP contribution in [0.2, 0.25) is 0 Å². The zero-order valence-corrected chi connectivity index (χ0v) is 50.5. The molecular formula is C69H131NO5. The maximum atomic E-state index is 12.5. The number of amides is 1. The van der Waals surface area contributed by atoms with Crippen LogP contribution in [0.3, 0.4) is 0 Å². The van der Waals surface area contributed by atoms with Gasteiger partial charge in [0, 0.05) is 12.8 Å². The Morgan fingerprint density at radius 3 is 0.947 bits per heavy atom. The van der Waals surface area contributed by atoms with E-state index >= 15 is 0 Å². The molecule has 6 nitrogen and oxygen atoms in total. The standard InChI is InChI=1S/C69H131NO5/c1-3-5-7-9-11-13-15-17-19-20-32-35-39-43-47-51-55-59-63-69(74)75-64-60-56-52-48-44-40-36-33-30-28-26-24-22-21-23-25-27-29-31-34-38-42-46-50-54-58-62-68(73)70-66(65-71)67(72)61-57-53-49-45-41-37-18-16-14-12-10-8-6-4-2/h19-21,23,57,61,66-67,71-72H,3-18,22,24-56,58-60,62-65H2,1-2H3,(H,70,73)/b20-19-,23-21-,61-57+. The fourth-order valence-electron chi connectivity index (χ4n) is 10.4. The lowest BCUT2D eigenvalue weighted by molar-refractivity contribution is -0.143. The second-order valence-corrected chi connectivity index (χ2v) is 23.1. The first-order valence-corrected chi connectivity index (χ1v) is 33.8. The lowest BCUT2D eigenvalue weighted by Crippen LogP contribution is -2.45. The topological polar surface area (TPSA) is 95.9 Å². The number of nitrogens with one attached hydrogen (secondary N) is 1. The molecule has 0 aliphatic rings. The summed E-state index contributed by atoms with van der Waals surface area (Å²) in [5.74, 6) is -0.0574. The first kappa shape index (κ1) is 73.1. The number of allylic oxidation sites excluding steroid dienone is 5. The predicted molar refractivity (Wildman–Crippen MR) is 329 cm³/mol. The molecule has 0 saturated heterocycles. The summed E-state index contributed by atoms with van der Waals surface area (Å²) < 4.78 is 5.50. The molecule has 0 heterocycles. The van der Waals surface area contributed by atoms with Gasteiger partial charge in [0.25, 0.3) is 0 Å². The molecule has 0 spiro atoms. The van der Waals surface area contributed by atoms with Crippen molar-refractivity contribution in [3.63, 3.8) is 0 Å². The summed E-state index contributed by atoms with van der Waals surface area (Å²) in [6.45, 7) is 4.92. The van der Waals surface area contributed by atoms with Crippen LogP contribution in [-0.2, 0) is 14.3 Å². The van der Waals surface area contributed by atoms with Gasteiger partial charge in [-0.05, 0) is 83.5 Å². The van der Waals surface area contributed by atoms with Gasteiger partial charge in [-0.3, -0.25) is 9.59 Å². The van der Waals surface area contributed by atoms with Crippen LogP contribution >= 0.6 is 0 Å². The fourth-order valence-corrected chi connectivity index (χ4v) is 10.4. The van der Waals surface area contributed by atoms with Crippen LogP contribution < -0.4 is 5.32 Å². The smallest absolute Gasteiger partial charge is 0.305 e. The van der Waals surface area contributed by atoms with E-state index in [1.165, 1.54) is 295 Å². The molecule has 0 saturated carbocycles. The lowest BCUT2D eigenvalue weighted by atomic mass is 10.0. The van der Waals surface area contributed by atoms with Crippen LogP contribution in [0.25, 0.3) is 0 Å². The summed E-state index contributed by atoms with van der Waals surface area (Å²) in [5.41, 5.74) is 0. The van der Waals surface area contributed by atoms with Gasteiger partial charge in [-0.1, -0.05) is 307 Å². The van der Waals surface area contributed by atoms with E-state index in [9.17, 15) is 19.8 Å². The van der Waals surface area contributed by atoms with Crippen LogP contribution in [0.5, 0.6) is 0 Å². The number of hydrogen-bond acceptors (Lipinski definition) is 5. The highest BCUT2D eigenvalue weighted by molar-refractivity contribution is 5.76. The monoisotopic (exact) mass is 1050 g/mol. The quantitative estimate of drug-likeness (QED) is 0.0320. The number of esters is 1. The minimum absolute atomic E-state index is 0.0113. The van der Waals surface area contributed by atoms with E-state index in [1.807, 2.05) is 6.08 Å². The van der Waals surface area contributed by atoms with Crippen molar-refractivity contribution in [1.82, 2.24) is 5.32 Å². The van der Waals surface area contributed by atoms with Crippen molar-refractivity contribution in [2.75, 3.05) is 13.2 Å². The van der Waals surface area contributed by atoms with Gasteiger partial charge in [-0.25, -0.2) is 0 Å². The second-order valence-electron chi connectivity index (χ2n) is 23.1. The number of ether oxygens (including phenoxy) is 1. The number of carbonyl (C=O) groups is 2. The minimum atomic E-state index is -0.845. The highest BCUT2D eigenvalue weighted by Gasteiger charge is 2.18. The molecule has 0 aliphatic carbocycles. The van der Waals surface area contributed by atoms with Crippen molar-refractivity contribution in [2.45, 2.75) is 379 Å². The normalized spacial score (nSPS) is 12.7. The molecule has 1 amide bonds. The van der Waals surface area contributed by atoms with Crippen LogP contribution in [0.15, 0.2) is 36.5 Å². The largest absolute Gasteiger partial charge is 0.466 e. The third kappa shape index (κ3) is 61.2. The summed E-state index contributed by atoms with van der Waals surface area (Å²) in [7, 11) is 0. The lowest BCUT2D eigenvalue weighted by Gasteiger charge is -2.20. The minimum Gasteiger partial charge on any atom is -0.466 e. The van der Waals surface area contributed by atoms with Gasteiger partial charge in [0.1, 0.15) is 0 Å². The average molecular weight is 1050 g/mol. The Morgan fingerprint density at radius 1 is 0.360 bits per heavy atom. The number of unbranched alkanes of at least 4 members (excludes halogenated alkanes) is 48. The van der Waals surface area contributed by atoms with E-state index in [4.69, 9.17) is 4.74 Å². The van der Waals surface area contributed by atoms with Crippen molar-refractivity contribution >= 4 is 11.9 Å². The fraction of sp³-hybridized carbons (Fsp3) is 0.884. The van der Waals surface area contributed by atoms with Crippen molar-refractivity contribution in [3.8, 4) is 0 Å². The second kappa shape index (κ2) is 64.6. The van der Waals surface area contributed by atoms with Crippen LogP contribution in [0, 0.1) is 0 Å². The molecule has 0 aromatic heterocycles. The predicted octanol–water partition coefficient (Wildman–Crippen LogP) is 21.5. The number of hydrogen-bond donors (Lipinski definition) is 3. The van der Waals surface area contributed by atoms with Gasteiger partial charge in [-0.15, -0.1) is 0 Å². The van der Waals surface area contributed by atoms with E-state index in [1.54, 1.807) is 6.08 Å². The highest BCUT2D eigenvalue weighted by Crippen LogP contribution is 2.17. The van der Waals surface area contributed by atoms with Crippen molar-refractivity contribution in [1.29, 1.82) is 0 Å². The third-order valence-electron chi connectivity index (χ3n) is 15.6. The average Bonchev–Trinajstić information content (AvgIpc) is 3.41. The van der Waals surface area contributed by atoms with Gasteiger partial charge < -0.3 is 20.3 Å². The van der Waals surface area contributed by atoms with Gasteiger partial charge in [0.15, 0.2) is 0 Å². The zero-order valence-electron chi connectivity index (χ0n) is 50.5. The Bertz CT molecular complexity index is 1210.